The maximum atomic E-state index is 15.4. The fourth-order valence-corrected chi connectivity index (χ4v) is 4.42. The Labute approximate surface area is 224 Å². The number of aliphatic hydroxyl groups excluding tert-OH is 1. The number of rotatable bonds is 12. The predicted molar refractivity (Wildman–Crippen MR) is 135 cm³/mol. The number of carbonyl (C=O) groups is 1. The van der Waals surface area contributed by atoms with E-state index in [2.05, 4.69) is 4.74 Å². The lowest BCUT2D eigenvalue weighted by atomic mass is 9.98. The average molecular weight is 571 g/mol. The van der Waals surface area contributed by atoms with Crippen molar-refractivity contribution in [2.45, 2.75) is 63.8 Å². The van der Waals surface area contributed by atoms with Crippen molar-refractivity contribution in [3.63, 3.8) is 0 Å². The molecule has 1 aliphatic heterocycles. The summed E-state index contributed by atoms with van der Waals surface area (Å²) in [5, 5.41) is 10.6. The number of hydrogen-bond donors (Lipinski definition) is 2. The molecule has 214 valence electrons. The van der Waals surface area contributed by atoms with E-state index in [1.807, 2.05) is 11.9 Å². The van der Waals surface area contributed by atoms with Crippen LogP contribution in [0.1, 0.15) is 39.8 Å². The largest absolute Gasteiger partial charge is 0.575 e. The molecular formula is C24H31FN3O10P. The number of halogens is 1. The first-order valence-electron chi connectivity index (χ1n) is 12.1. The van der Waals surface area contributed by atoms with Crippen LogP contribution in [0.3, 0.4) is 0 Å². The van der Waals surface area contributed by atoms with E-state index in [0.717, 1.165) is 30.2 Å². The Kier molecular flexibility index (Phi) is 10.2. The summed E-state index contributed by atoms with van der Waals surface area (Å²) in [4.78, 5) is 50.1. The summed E-state index contributed by atoms with van der Waals surface area (Å²) < 4.78 is 47.0. The summed E-state index contributed by atoms with van der Waals surface area (Å²) in [6.45, 7) is 4.25. The van der Waals surface area contributed by atoms with Crippen LogP contribution in [0.15, 0.2) is 44.8 Å². The maximum Gasteiger partial charge on any atom is 0.395 e. The van der Waals surface area contributed by atoms with E-state index in [-0.39, 0.29) is 18.1 Å². The van der Waals surface area contributed by atoms with Crippen molar-refractivity contribution in [2.24, 2.45) is 4.74 Å². The molecule has 0 spiro atoms. The number of carbonyl (C=O) groups excluding carboxylic acids is 1. The number of unbranched alkanes of at least 4 members (excludes halogenated alkanes) is 1. The number of nitrogens with one attached hydrogen (secondary N) is 1. The van der Waals surface area contributed by atoms with E-state index in [1.165, 1.54) is 32.2 Å². The van der Waals surface area contributed by atoms with Gasteiger partial charge in [0.1, 0.15) is 24.6 Å². The van der Waals surface area contributed by atoms with E-state index >= 15 is 4.39 Å². The van der Waals surface area contributed by atoms with Crippen LogP contribution in [0.25, 0.3) is 0 Å². The summed E-state index contributed by atoms with van der Waals surface area (Å²) in [7, 11) is -1.31. The predicted octanol–water partition coefficient (Wildman–Crippen LogP) is 1.58. The number of aromatic amines is 1. The molecule has 1 unspecified atom stereocenters. The van der Waals surface area contributed by atoms with Crippen LogP contribution in [-0.2, 0) is 14.3 Å². The van der Waals surface area contributed by atoms with Crippen molar-refractivity contribution < 1.29 is 42.7 Å². The minimum atomic E-state index is -2.72. The van der Waals surface area contributed by atoms with Gasteiger partial charge in [0.05, 0.1) is 13.7 Å². The summed E-state index contributed by atoms with van der Waals surface area (Å²) >= 11 is 0. The molecule has 15 heteroatoms. The zero-order valence-corrected chi connectivity index (χ0v) is 22.8. The molecular weight excluding hydrogens is 540 g/mol. The fraction of sp³-hybridized carbons (Fsp3) is 0.542. The molecule has 0 bridgehead atoms. The first kappa shape index (κ1) is 30.2. The van der Waals surface area contributed by atoms with Gasteiger partial charge in [0.15, 0.2) is 23.7 Å². The summed E-state index contributed by atoms with van der Waals surface area (Å²) in [6, 6.07) is 4.29. The number of aromatic nitrogens is 2. The van der Waals surface area contributed by atoms with Crippen molar-refractivity contribution in [1.29, 1.82) is 0 Å². The topological polar surface area (TPSA) is 174 Å². The minimum absolute atomic E-state index is 0.00657. The molecule has 1 aromatic carbocycles. The van der Waals surface area contributed by atoms with Crippen molar-refractivity contribution in [3.8, 4) is 17.2 Å². The third kappa shape index (κ3) is 7.41. The lowest BCUT2D eigenvalue weighted by Crippen LogP contribution is -2.43. The van der Waals surface area contributed by atoms with Gasteiger partial charge in [0.2, 0.25) is 5.75 Å². The van der Waals surface area contributed by atoms with Gasteiger partial charge in [-0.25, -0.2) is 14.0 Å². The molecule has 2 heterocycles. The second kappa shape index (κ2) is 13.2. The number of alkyl halides is 1. The second-order valence-corrected chi connectivity index (χ2v) is 9.79. The SMILES string of the molecule is CCCCOC(=O)[C@H](C)N=[P+]([O-])Oc1ccc(OC)cc1OC[C@H]1O[C@@H](n2ccc(=O)[nH]c2=O)[C@](C)(F)[C@@H]1O. The fourth-order valence-electron chi connectivity index (χ4n) is 3.67. The van der Waals surface area contributed by atoms with Gasteiger partial charge in [-0.2, -0.15) is 0 Å². The maximum absolute atomic E-state index is 15.4. The molecule has 3 rings (SSSR count). The van der Waals surface area contributed by atoms with Gasteiger partial charge in [-0.1, -0.05) is 18.1 Å². The van der Waals surface area contributed by atoms with Crippen LogP contribution in [0.5, 0.6) is 17.2 Å². The van der Waals surface area contributed by atoms with E-state index in [9.17, 15) is 24.4 Å². The Hall–Kier alpha value is -3.32. The number of esters is 1. The molecule has 2 N–H and O–H groups in total. The zero-order valence-electron chi connectivity index (χ0n) is 21.9. The van der Waals surface area contributed by atoms with Gasteiger partial charge < -0.3 is 28.9 Å². The van der Waals surface area contributed by atoms with Crippen LogP contribution in [-0.4, -0.2) is 64.9 Å². The lowest BCUT2D eigenvalue weighted by molar-refractivity contribution is -0.169. The van der Waals surface area contributed by atoms with Crippen LogP contribution in [0.4, 0.5) is 4.39 Å². The standard InChI is InChI=1S/C24H31FN3O10P/c1-5-6-11-35-21(31)14(2)27-39(33)38-16-8-7-15(34-4)12-17(16)36-13-18-20(30)24(3,25)22(37-18)28-10-9-19(29)26-23(28)32/h7-10,12,14,18,20,22,30H,5-6,11,13H2,1-4H3,(H,26,29,32)/t14-,18+,20+,22+,24+/m0/s1. The van der Waals surface area contributed by atoms with Gasteiger partial charge in [-0.3, -0.25) is 18.9 Å². The molecule has 39 heavy (non-hydrogen) atoms. The lowest BCUT2D eigenvalue weighted by Gasteiger charge is -2.24. The number of ether oxygens (including phenoxy) is 4. The molecule has 0 amide bonds. The van der Waals surface area contributed by atoms with Crippen LogP contribution in [0.2, 0.25) is 0 Å². The van der Waals surface area contributed by atoms with Crippen molar-refractivity contribution >= 4 is 14.1 Å². The van der Waals surface area contributed by atoms with E-state index in [0.29, 0.717) is 12.2 Å². The number of aliphatic hydroxyl groups is 1. The van der Waals surface area contributed by atoms with Crippen molar-refractivity contribution in [3.05, 3.63) is 51.3 Å². The number of hydrogen-bond acceptors (Lipinski definition) is 11. The third-order valence-corrected chi connectivity index (χ3v) is 6.79. The van der Waals surface area contributed by atoms with Crippen molar-refractivity contribution in [2.75, 3.05) is 20.3 Å². The Morgan fingerprint density at radius 1 is 1.36 bits per heavy atom. The molecule has 1 aromatic heterocycles. The second-order valence-electron chi connectivity index (χ2n) is 8.91. The number of benzene rings is 1. The molecule has 0 saturated carbocycles. The van der Waals surface area contributed by atoms with Crippen LogP contribution < -0.4 is 30.1 Å². The monoisotopic (exact) mass is 571 g/mol. The highest BCUT2D eigenvalue weighted by molar-refractivity contribution is 7.34. The van der Waals surface area contributed by atoms with Gasteiger partial charge in [-0.15, -0.1) is 0 Å². The molecule has 2 aromatic rings. The summed E-state index contributed by atoms with van der Waals surface area (Å²) in [6.07, 6.45) is -1.93. The molecule has 0 radical (unpaired) electrons. The smallest absolute Gasteiger partial charge is 0.395 e. The van der Waals surface area contributed by atoms with Gasteiger partial charge >= 0.3 is 19.8 Å². The van der Waals surface area contributed by atoms with Crippen LogP contribution in [0, 0.1) is 0 Å². The first-order chi connectivity index (χ1) is 18.5. The summed E-state index contributed by atoms with van der Waals surface area (Å²) in [5.74, 6) is -0.319. The third-order valence-electron chi connectivity index (χ3n) is 5.90. The Balaban J connectivity index is 1.74. The number of nitrogens with zero attached hydrogens (tertiary/aromatic N) is 2. The van der Waals surface area contributed by atoms with E-state index in [4.69, 9.17) is 23.5 Å². The Morgan fingerprint density at radius 2 is 2.10 bits per heavy atom. The van der Waals surface area contributed by atoms with Gasteiger partial charge in [-0.05, 0) is 32.4 Å². The zero-order chi connectivity index (χ0) is 28.7. The highest BCUT2D eigenvalue weighted by Crippen LogP contribution is 2.42. The molecule has 1 saturated heterocycles. The Bertz CT molecular complexity index is 1300. The average Bonchev–Trinajstić information content (AvgIpc) is 3.11. The molecule has 1 fully saturated rings. The molecule has 1 aliphatic rings. The highest BCUT2D eigenvalue weighted by Gasteiger charge is 2.55. The van der Waals surface area contributed by atoms with Gasteiger partial charge in [0, 0.05) is 18.3 Å². The number of H-pyrrole nitrogens is 1. The number of methoxy groups -OCH3 is 1. The van der Waals surface area contributed by atoms with Gasteiger partial charge in [0.25, 0.3) is 5.56 Å². The molecule has 13 nitrogen and oxygen atoms in total. The van der Waals surface area contributed by atoms with E-state index < -0.39 is 62.1 Å². The minimum Gasteiger partial charge on any atom is -0.575 e. The molecule has 0 aliphatic carbocycles. The first-order valence-corrected chi connectivity index (χ1v) is 13.3. The van der Waals surface area contributed by atoms with E-state index in [1.54, 1.807) is 0 Å². The quantitative estimate of drug-likeness (QED) is 0.216. The normalized spacial score (nSPS) is 23.8. The Morgan fingerprint density at radius 3 is 2.77 bits per heavy atom. The van der Waals surface area contributed by atoms with Crippen molar-refractivity contribution in [1.82, 2.24) is 9.55 Å². The van der Waals surface area contributed by atoms with Crippen LogP contribution >= 0.6 is 8.17 Å². The molecule has 6 atom stereocenters. The highest BCUT2D eigenvalue weighted by atomic mass is 31.1. The summed E-state index contributed by atoms with van der Waals surface area (Å²) in [5.41, 5.74) is -4.01.